The number of benzene rings is 1. The Morgan fingerprint density at radius 3 is 2.48 bits per heavy atom. The molecule has 0 atom stereocenters. The van der Waals surface area contributed by atoms with Gasteiger partial charge < -0.3 is 10.6 Å². The normalized spacial score (nSPS) is 10.5. The summed E-state index contributed by atoms with van der Waals surface area (Å²) in [6, 6.07) is 7.33. The standard InChI is InChI=1S/C15H18N4OS/c1-9-13(10(2)19(4)17-9)15(20)18(3)12-8-6-5-7-11(12)14(16)21/h5-8H,1-4H3,(H2,16,21). The van der Waals surface area contributed by atoms with E-state index in [-0.39, 0.29) is 10.9 Å². The Morgan fingerprint density at radius 2 is 1.95 bits per heavy atom. The average Bonchev–Trinajstić information content (AvgIpc) is 2.70. The van der Waals surface area contributed by atoms with Gasteiger partial charge in [-0.3, -0.25) is 9.48 Å². The lowest BCUT2D eigenvalue weighted by atomic mass is 10.1. The van der Waals surface area contributed by atoms with Crippen LogP contribution >= 0.6 is 12.2 Å². The molecule has 1 heterocycles. The van der Waals surface area contributed by atoms with Crippen LogP contribution in [0.1, 0.15) is 27.3 Å². The minimum Gasteiger partial charge on any atom is -0.389 e. The number of aromatic nitrogens is 2. The SMILES string of the molecule is Cc1nn(C)c(C)c1C(=O)N(C)c1ccccc1C(N)=S. The number of thiocarbonyl (C=S) groups is 1. The van der Waals surface area contributed by atoms with Crippen molar-refractivity contribution in [3.8, 4) is 0 Å². The summed E-state index contributed by atoms with van der Waals surface area (Å²) in [7, 11) is 3.54. The van der Waals surface area contributed by atoms with Gasteiger partial charge in [-0.05, 0) is 26.0 Å². The summed E-state index contributed by atoms with van der Waals surface area (Å²) in [5.41, 5.74) is 9.26. The van der Waals surface area contributed by atoms with Crippen LogP contribution < -0.4 is 10.6 Å². The molecule has 0 spiro atoms. The minimum absolute atomic E-state index is 0.123. The Hall–Kier alpha value is -2.21. The van der Waals surface area contributed by atoms with E-state index in [0.717, 1.165) is 5.69 Å². The third kappa shape index (κ3) is 2.67. The molecule has 0 unspecified atom stereocenters. The highest BCUT2D eigenvalue weighted by molar-refractivity contribution is 7.80. The molecule has 0 aliphatic carbocycles. The molecule has 2 rings (SSSR count). The summed E-state index contributed by atoms with van der Waals surface area (Å²) < 4.78 is 1.70. The molecule has 21 heavy (non-hydrogen) atoms. The highest BCUT2D eigenvalue weighted by Crippen LogP contribution is 2.23. The van der Waals surface area contributed by atoms with Crippen LogP contribution in [0.2, 0.25) is 0 Å². The zero-order valence-corrected chi connectivity index (χ0v) is 13.4. The monoisotopic (exact) mass is 302 g/mol. The van der Waals surface area contributed by atoms with Gasteiger partial charge in [-0.15, -0.1) is 0 Å². The van der Waals surface area contributed by atoms with Gasteiger partial charge >= 0.3 is 0 Å². The Morgan fingerprint density at radius 1 is 1.33 bits per heavy atom. The summed E-state index contributed by atoms with van der Waals surface area (Å²) in [4.78, 5) is 14.6. The van der Waals surface area contributed by atoms with Crippen LogP contribution in [0.5, 0.6) is 0 Å². The molecule has 0 aliphatic heterocycles. The maximum atomic E-state index is 12.8. The van der Waals surface area contributed by atoms with Gasteiger partial charge in [-0.25, -0.2) is 0 Å². The predicted molar refractivity (Wildman–Crippen MR) is 87.7 cm³/mol. The number of anilines is 1. The van der Waals surface area contributed by atoms with E-state index in [4.69, 9.17) is 18.0 Å². The fourth-order valence-corrected chi connectivity index (χ4v) is 2.51. The van der Waals surface area contributed by atoms with Crippen LogP contribution in [0.4, 0.5) is 5.69 Å². The van der Waals surface area contributed by atoms with Gasteiger partial charge in [0.2, 0.25) is 0 Å². The second-order valence-corrected chi connectivity index (χ2v) is 5.35. The second kappa shape index (κ2) is 5.65. The molecule has 5 nitrogen and oxygen atoms in total. The van der Waals surface area contributed by atoms with Crippen molar-refractivity contribution in [3.05, 3.63) is 46.8 Å². The van der Waals surface area contributed by atoms with Crippen molar-refractivity contribution in [1.29, 1.82) is 0 Å². The lowest BCUT2D eigenvalue weighted by Crippen LogP contribution is -2.29. The van der Waals surface area contributed by atoms with E-state index in [0.29, 0.717) is 22.5 Å². The van der Waals surface area contributed by atoms with E-state index < -0.39 is 0 Å². The van der Waals surface area contributed by atoms with Crippen molar-refractivity contribution in [2.24, 2.45) is 12.8 Å². The summed E-state index contributed by atoms with van der Waals surface area (Å²) in [6.07, 6.45) is 0. The lowest BCUT2D eigenvalue weighted by Gasteiger charge is -2.20. The van der Waals surface area contributed by atoms with Gasteiger partial charge in [-0.2, -0.15) is 5.10 Å². The van der Waals surface area contributed by atoms with Crippen LogP contribution in [-0.4, -0.2) is 27.7 Å². The van der Waals surface area contributed by atoms with Gasteiger partial charge in [0.1, 0.15) is 4.99 Å². The number of hydrogen-bond donors (Lipinski definition) is 1. The molecule has 1 amide bonds. The largest absolute Gasteiger partial charge is 0.389 e. The maximum absolute atomic E-state index is 12.8. The molecule has 6 heteroatoms. The number of hydrogen-bond acceptors (Lipinski definition) is 3. The van der Waals surface area contributed by atoms with Crippen molar-refractivity contribution in [1.82, 2.24) is 9.78 Å². The molecule has 2 N–H and O–H groups in total. The molecule has 0 aliphatic rings. The number of aryl methyl sites for hydroxylation is 2. The number of amides is 1. The van der Waals surface area contributed by atoms with E-state index in [1.807, 2.05) is 45.2 Å². The van der Waals surface area contributed by atoms with Crippen LogP contribution in [0, 0.1) is 13.8 Å². The molecule has 1 aromatic carbocycles. The highest BCUT2D eigenvalue weighted by Gasteiger charge is 2.23. The Balaban J connectivity index is 2.47. The summed E-state index contributed by atoms with van der Waals surface area (Å²) >= 11 is 5.05. The van der Waals surface area contributed by atoms with Gasteiger partial charge in [0.25, 0.3) is 5.91 Å². The minimum atomic E-state index is -0.123. The maximum Gasteiger partial charge on any atom is 0.261 e. The van der Waals surface area contributed by atoms with Gasteiger partial charge in [0.05, 0.1) is 16.9 Å². The average molecular weight is 302 g/mol. The quantitative estimate of drug-likeness (QED) is 0.880. The lowest BCUT2D eigenvalue weighted by molar-refractivity contribution is 0.0991. The van der Waals surface area contributed by atoms with Gasteiger partial charge in [0.15, 0.2) is 0 Å². The smallest absolute Gasteiger partial charge is 0.261 e. The number of carbonyl (C=O) groups is 1. The van der Waals surface area contributed by atoms with Crippen LogP contribution in [0.15, 0.2) is 24.3 Å². The number of nitrogens with two attached hydrogens (primary N) is 1. The number of nitrogens with zero attached hydrogens (tertiary/aromatic N) is 3. The fourth-order valence-electron chi connectivity index (χ4n) is 2.33. The predicted octanol–water partition coefficient (Wildman–Crippen LogP) is 1.95. The van der Waals surface area contributed by atoms with Crippen LogP contribution in [0.3, 0.4) is 0 Å². The molecule has 0 fully saturated rings. The first-order valence-corrected chi connectivity index (χ1v) is 6.92. The molecular weight excluding hydrogens is 284 g/mol. The fraction of sp³-hybridized carbons (Fsp3) is 0.267. The van der Waals surface area contributed by atoms with Gasteiger partial charge in [-0.1, -0.05) is 24.4 Å². The third-order valence-electron chi connectivity index (χ3n) is 3.56. The third-order valence-corrected chi connectivity index (χ3v) is 3.78. The number of rotatable bonds is 3. The molecule has 0 radical (unpaired) electrons. The second-order valence-electron chi connectivity index (χ2n) is 4.91. The zero-order valence-electron chi connectivity index (χ0n) is 12.5. The molecule has 2 aromatic rings. The van der Waals surface area contributed by atoms with Crippen molar-refractivity contribution in [2.75, 3.05) is 11.9 Å². The first-order valence-electron chi connectivity index (χ1n) is 6.51. The molecule has 1 aromatic heterocycles. The summed E-state index contributed by atoms with van der Waals surface area (Å²) in [5, 5.41) is 4.28. The van der Waals surface area contributed by atoms with Crippen LogP contribution in [-0.2, 0) is 7.05 Å². The molecule has 0 saturated carbocycles. The van der Waals surface area contributed by atoms with Crippen molar-refractivity contribution in [3.63, 3.8) is 0 Å². The Kier molecular flexibility index (Phi) is 4.09. The summed E-state index contributed by atoms with van der Waals surface area (Å²) in [6.45, 7) is 3.70. The summed E-state index contributed by atoms with van der Waals surface area (Å²) in [5.74, 6) is -0.123. The van der Waals surface area contributed by atoms with E-state index in [1.54, 1.807) is 16.6 Å². The highest BCUT2D eigenvalue weighted by atomic mass is 32.1. The molecular formula is C15H18N4OS. The number of para-hydroxylation sites is 1. The van der Waals surface area contributed by atoms with Crippen molar-refractivity contribution in [2.45, 2.75) is 13.8 Å². The van der Waals surface area contributed by atoms with E-state index in [2.05, 4.69) is 5.10 Å². The number of carbonyl (C=O) groups excluding carboxylic acids is 1. The first-order chi connectivity index (χ1) is 9.84. The van der Waals surface area contributed by atoms with Crippen molar-refractivity contribution >= 4 is 28.8 Å². The van der Waals surface area contributed by atoms with E-state index in [9.17, 15) is 4.79 Å². The molecule has 0 bridgehead atoms. The zero-order chi connectivity index (χ0) is 15.7. The topological polar surface area (TPSA) is 64.2 Å². The van der Waals surface area contributed by atoms with Gasteiger partial charge in [0, 0.05) is 25.4 Å². The van der Waals surface area contributed by atoms with Crippen LogP contribution in [0.25, 0.3) is 0 Å². The van der Waals surface area contributed by atoms with E-state index >= 15 is 0 Å². The first kappa shape index (κ1) is 15.2. The molecule has 110 valence electrons. The van der Waals surface area contributed by atoms with E-state index in [1.165, 1.54) is 0 Å². The molecule has 0 saturated heterocycles. The Bertz CT molecular complexity index is 720. The Labute approximate surface area is 129 Å². The van der Waals surface area contributed by atoms with Crippen molar-refractivity contribution < 1.29 is 4.79 Å².